The number of halogens is 3. The van der Waals surface area contributed by atoms with E-state index in [0.29, 0.717) is 28.3 Å². The highest BCUT2D eigenvalue weighted by Gasteiger charge is 2.48. The number of hydrogen-bond acceptors (Lipinski definition) is 6. The van der Waals surface area contributed by atoms with Gasteiger partial charge in [-0.2, -0.15) is 13.2 Å². The molecule has 1 aromatic carbocycles. The molecule has 0 aliphatic carbocycles. The molecule has 2 aromatic heterocycles. The molecule has 0 aliphatic heterocycles. The van der Waals surface area contributed by atoms with Gasteiger partial charge in [-0.25, -0.2) is 4.98 Å². The molecule has 3 rings (SSSR count). The Kier molecular flexibility index (Phi) is 7.93. The number of nitrogens with zero attached hydrogens (tertiary/aromatic N) is 2. The molecule has 0 saturated carbocycles. The Morgan fingerprint density at radius 2 is 1.64 bits per heavy atom. The van der Waals surface area contributed by atoms with Gasteiger partial charge in [0.1, 0.15) is 11.3 Å². The van der Waals surface area contributed by atoms with E-state index in [1.807, 2.05) is 6.92 Å². The molecule has 0 radical (unpaired) electrons. The number of carbonyl (C=O) groups excluding carboxylic acids is 1. The van der Waals surface area contributed by atoms with Crippen molar-refractivity contribution in [1.82, 2.24) is 9.97 Å². The van der Waals surface area contributed by atoms with Crippen molar-refractivity contribution in [2.24, 2.45) is 11.3 Å². The number of benzene rings is 1. The monoisotopic (exact) mass is 503 g/mol. The number of carbonyl (C=O) groups is 1. The molecule has 0 fully saturated rings. The number of anilines is 2. The second-order valence-electron chi connectivity index (χ2n) is 9.85. The number of fused-ring (bicyclic) bond motifs is 1. The molecule has 1 N–H and O–H groups in total. The van der Waals surface area contributed by atoms with Gasteiger partial charge in [0.15, 0.2) is 0 Å². The normalized spacial score (nSPS) is 14.8. The number of rotatable bonds is 8. The third-order valence-corrected chi connectivity index (χ3v) is 6.25. The molecule has 1 unspecified atom stereocenters. The number of ether oxygens (including phenoxy) is 2. The fourth-order valence-corrected chi connectivity index (χ4v) is 4.33. The average Bonchev–Trinajstić information content (AvgIpc) is 2.82. The van der Waals surface area contributed by atoms with E-state index in [4.69, 9.17) is 9.47 Å². The van der Waals surface area contributed by atoms with E-state index in [9.17, 15) is 18.0 Å². The number of pyridine rings is 2. The van der Waals surface area contributed by atoms with Crippen LogP contribution in [-0.2, 0) is 9.53 Å². The minimum Gasteiger partial charge on any atom is -0.481 e. The topological polar surface area (TPSA) is 73.3 Å². The lowest BCUT2D eigenvalue weighted by molar-refractivity contribution is -0.168. The molecule has 0 bridgehead atoms. The molecule has 0 spiro atoms. The summed E-state index contributed by atoms with van der Waals surface area (Å²) in [5, 5.41) is 3.23. The van der Waals surface area contributed by atoms with Gasteiger partial charge in [-0.1, -0.05) is 39.8 Å². The van der Waals surface area contributed by atoms with Crippen LogP contribution in [0.1, 0.15) is 57.8 Å². The van der Waals surface area contributed by atoms with Gasteiger partial charge in [-0.3, -0.25) is 9.78 Å². The van der Waals surface area contributed by atoms with E-state index in [1.54, 1.807) is 58.3 Å². The zero-order valence-electron chi connectivity index (χ0n) is 21.5. The fourth-order valence-electron chi connectivity index (χ4n) is 4.33. The predicted octanol–water partition coefficient (Wildman–Crippen LogP) is 6.99. The quantitative estimate of drug-likeness (QED) is 0.357. The van der Waals surface area contributed by atoms with Crippen LogP contribution in [0.5, 0.6) is 5.88 Å². The highest BCUT2D eigenvalue weighted by atomic mass is 19.4. The summed E-state index contributed by atoms with van der Waals surface area (Å²) >= 11 is 0. The van der Waals surface area contributed by atoms with Crippen molar-refractivity contribution < 1.29 is 27.4 Å². The summed E-state index contributed by atoms with van der Waals surface area (Å²) in [6, 6.07) is 9.44. The molecule has 2 heterocycles. The smallest absolute Gasteiger partial charge is 0.396 e. The number of hydrogen-bond donors (Lipinski definition) is 1. The van der Waals surface area contributed by atoms with Crippen LogP contribution >= 0.6 is 0 Å². The summed E-state index contributed by atoms with van der Waals surface area (Å²) in [7, 11) is 3.10. The van der Waals surface area contributed by atoms with Gasteiger partial charge >= 0.3 is 6.18 Å². The number of alkyl halides is 3. The van der Waals surface area contributed by atoms with Gasteiger partial charge in [0, 0.05) is 35.8 Å². The molecule has 36 heavy (non-hydrogen) atoms. The predicted molar refractivity (Wildman–Crippen MR) is 134 cm³/mol. The largest absolute Gasteiger partial charge is 0.481 e. The van der Waals surface area contributed by atoms with Crippen molar-refractivity contribution in [3.05, 3.63) is 53.7 Å². The summed E-state index contributed by atoms with van der Waals surface area (Å²) in [6.07, 6.45) is -3.28. The SMILES string of the molecule is COc1ccc2ncc(Nc3ccc([C@H](C(C)C(=O)C(C)(C)C)C(F)(F)F)cc3)c([C@H](C)OC)c2n1. The maximum atomic E-state index is 14.0. The Bertz CT molecular complexity index is 1220. The molecule has 0 amide bonds. The summed E-state index contributed by atoms with van der Waals surface area (Å²) in [6.45, 7) is 8.11. The lowest BCUT2D eigenvalue weighted by Crippen LogP contribution is -2.36. The molecule has 3 atom stereocenters. The molecule has 194 valence electrons. The van der Waals surface area contributed by atoms with E-state index in [2.05, 4.69) is 15.3 Å². The Morgan fingerprint density at radius 1 is 1.00 bits per heavy atom. The van der Waals surface area contributed by atoms with Crippen molar-refractivity contribution >= 4 is 28.2 Å². The second-order valence-corrected chi connectivity index (χ2v) is 9.85. The maximum absolute atomic E-state index is 14.0. The van der Waals surface area contributed by atoms with Gasteiger partial charge in [-0.15, -0.1) is 0 Å². The van der Waals surface area contributed by atoms with Crippen molar-refractivity contribution in [3.63, 3.8) is 0 Å². The molecular weight excluding hydrogens is 471 g/mol. The number of methoxy groups -OCH3 is 2. The molecule has 9 heteroatoms. The van der Waals surface area contributed by atoms with Crippen molar-refractivity contribution in [2.75, 3.05) is 19.5 Å². The molecule has 0 aliphatic rings. The number of Topliss-reactive ketones (excluding diaryl/α,β-unsaturated/α-hetero) is 1. The van der Waals surface area contributed by atoms with Crippen LogP contribution < -0.4 is 10.1 Å². The minimum atomic E-state index is -4.57. The van der Waals surface area contributed by atoms with Gasteiger partial charge < -0.3 is 14.8 Å². The summed E-state index contributed by atoms with van der Waals surface area (Å²) in [4.78, 5) is 21.6. The van der Waals surface area contributed by atoms with E-state index in [1.165, 1.54) is 26.2 Å². The van der Waals surface area contributed by atoms with Crippen LogP contribution in [0.15, 0.2) is 42.6 Å². The first-order valence-electron chi connectivity index (χ1n) is 11.6. The van der Waals surface area contributed by atoms with E-state index >= 15 is 0 Å². The van der Waals surface area contributed by atoms with Crippen LogP contribution in [0.3, 0.4) is 0 Å². The first-order valence-corrected chi connectivity index (χ1v) is 11.6. The number of nitrogens with one attached hydrogen (secondary N) is 1. The standard InChI is InChI=1S/C27H32F3N3O3/c1-15(25(34)26(3,4)5)23(27(28,29)30)17-8-10-18(11-9-17)32-20-14-31-19-12-13-21(36-7)33-24(19)22(20)16(2)35-6/h8-16,23,32H,1-7H3/t15?,16-,23-/m0/s1. The van der Waals surface area contributed by atoms with Crippen LogP contribution in [0, 0.1) is 11.3 Å². The maximum Gasteiger partial charge on any atom is 0.396 e. The Balaban J connectivity index is 1.99. The van der Waals surface area contributed by atoms with Gasteiger partial charge in [-0.05, 0) is 30.7 Å². The molecule has 0 saturated heterocycles. The summed E-state index contributed by atoms with van der Waals surface area (Å²) in [5.41, 5.74) is 2.31. The van der Waals surface area contributed by atoms with Crippen molar-refractivity contribution in [3.8, 4) is 5.88 Å². The van der Waals surface area contributed by atoms with Gasteiger partial charge in [0.05, 0.1) is 36.5 Å². The molecular formula is C27H32F3N3O3. The van der Waals surface area contributed by atoms with Crippen LogP contribution in [0.2, 0.25) is 0 Å². The zero-order chi connectivity index (χ0) is 26.8. The van der Waals surface area contributed by atoms with E-state index in [0.717, 1.165) is 5.56 Å². The first kappa shape index (κ1) is 27.4. The lowest BCUT2D eigenvalue weighted by Gasteiger charge is -2.30. The highest BCUT2D eigenvalue weighted by Crippen LogP contribution is 2.43. The van der Waals surface area contributed by atoms with Gasteiger partial charge in [0.25, 0.3) is 0 Å². The first-order chi connectivity index (χ1) is 16.8. The Morgan fingerprint density at radius 3 is 2.17 bits per heavy atom. The Hall–Kier alpha value is -3.20. The van der Waals surface area contributed by atoms with Crippen LogP contribution in [0.4, 0.5) is 24.5 Å². The number of aromatic nitrogens is 2. The molecule has 3 aromatic rings. The van der Waals surface area contributed by atoms with Crippen LogP contribution in [-0.4, -0.2) is 36.1 Å². The zero-order valence-corrected chi connectivity index (χ0v) is 21.5. The summed E-state index contributed by atoms with van der Waals surface area (Å²) in [5.74, 6) is -3.13. The van der Waals surface area contributed by atoms with Crippen molar-refractivity contribution in [2.45, 2.75) is 52.8 Å². The third kappa shape index (κ3) is 5.78. The lowest BCUT2D eigenvalue weighted by atomic mass is 9.75. The van der Waals surface area contributed by atoms with Crippen LogP contribution in [0.25, 0.3) is 11.0 Å². The summed E-state index contributed by atoms with van der Waals surface area (Å²) < 4.78 is 52.9. The fraction of sp³-hybridized carbons (Fsp3) is 0.444. The van der Waals surface area contributed by atoms with Crippen molar-refractivity contribution in [1.29, 1.82) is 0 Å². The minimum absolute atomic E-state index is 0.0340. The van der Waals surface area contributed by atoms with E-state index in [-0.39, 0.29) is 11.7 Å². The number of ketones is 1. The average molecular weight is 504 g/mol. The Labute approximate surface area is 209 Å². The molecule has 6 nitrogen and oxygen atoms in total. The second kappa shape index (κ2) is 10.4. The van der Waals surface area contributed by atoms with E-state index < -0.39 is 29.2 Å². The highest BCUT2D eigenvalue weighted by molar-refractivity contribution is 5.87. The third-order valence-electron chi connectivity index (χ3n) is 6.25. The van der Waals surface area contributed by atoms with Gasteiger partial charge in [0.2, 0.25) is 5.88 Å².